The smallest absolute Gasteiger partial charge is 0.270 e. The van der Waals surface area contributed by atoms with E-state index < -0.39 is 23.0 Å². The second-order valence-electron chi connectivity index (χ2n) is 7.70. The van der Waals surface area contributed by atoms with E-state index in [1.165, 1.54) is 6.20 Å². The summed E-state index contributed by atoms with van der Waals surface area (Å²) in [6, 6.07) is 4.90. The zero-order chi connectivity index (χ0) is 22.4. The van der Waals surface area contributed by atoms with Crippen molar-refractivity contribution < 1.29 is 17.6 Å². The summed E-state index contributed by atoms with van der Waals surface area (Å²) in [6.45, 7) is 1.31. The van der Waals surface area contributed by atoms with Gasteiger partial charge in [-0.2, -0.15) is 10.1 Å². The Labute approximate surface area is 184 Å². The average molecular weight is 499 g/mol. The van der Waals surface area contributed by atoms with Crippen molar-refractivity contribution >= 4 is 39.2 Å². The van der Waals surface area contributed by atoms with Gasteiger partial charge >= 0.3 is 0 Å². The summed E-state index contributed by atoms with van der Waals surface area (Å²) in [7, 11) is 0. The van der Waals surface area contributed by atoms with Gasteiger partial charge in [-0.05, 0) is 47.0 Å². The Morgan fingerprint density at radius 3 is 2.23 bits per heavy atom. The van der Waals surface area contributed by atoms with Gasteiger partial charge in [0.2, 0.25) is 5.95 Å². The van der Waals surface area contributed by atoms with Gasteiger partial charge in [-0.25, -0.2) is 22.5 Å². The molecular formula is C20H19BrF4N6. The summed E-state index contributed by atoms with van der Waals surface area (Å²) >= 11 is 3.35. The number of hydrogen-bond acceptors (Lipinski definition) is 5. The Bertz CT molecular complexity index is 1070. The van der Waals surface area contributed by atoms with E-state index in [9.17, 15) is 17.6 Å². The summed E-state index contributed by atoms with van der Waals surface area (Å²) in [5, 5.41) is 13.0. The van der Waals surface area contributed by atoms with E-state index in [-0.39, 0.29) is 11.6 Å². The quantitative estimate of drug-likeness (QED) is 0.322. The van der Waals surface area contributed by atoms with Crippen LogP contribution in [0.3, 0.4) is 0 Å². The van der Waals surface area contributed by atoms with Crippen molar-refractivity contribution in [2.45, 2.75) is 44.5 Å². The van der Waals surface area contributed by atoms with Crippen LogP contribution in [0.2, 0.25) is 0 Å². The summed E-state index contributed by atoms with van der Waals surface area (Å²) in [4.78, 5) is 8.41. The van der Waals surface area contributed by atoms with Crippen molar-refractivity contribution in [2.75, 3.05) is 10.6 Å². The van der Waals surface area contributed by atoms with Crippen LogP contribution in [0.4, 0.5) is 40.8 Å². The first-order valence-electron chi connectivity index (χ1n) is 9.52. The van der Waals surface area contributed by atoms with Crippen molar-refractivity contribution in [3.8, 4) is 0 Å². The van der Waals surface area contributed by atoms with Crippen molar-refractivity contribution in [1.82, 2.24) is 20.2 Å². The van der Waals surface area contributed by atoms with Gasteiger partial charge in [0.25, 0.3) is 11.8 Å². The highest BCUT2D eigenvalue weighted by Gasteiger charge is 2.31. The molecule has 0 bridgehead atoms. The number of halogens is 5. The van der Waals surface area contributed by atoms with Crippen molar-refractivity contribution in [2.24, 2.45) is 0 Å². The van der Waals surface area contributed by atoms with Crippen molar-refractivity contribution in [1.29, 1.82) is 0 Å². The van der Waals surface area contributed by atoms with E-state index in [4.69, 9.17) is 0 Å². The van der Waals surface area contributed by atoms with Gasteiger partial charge in [0.1, 0.15) is 5.82 Å². The van der Waals surface area contributed by atoms with Crippen molar-refractivity contribution in [3.63, 3.8) is 0 Å². The Morgan fingerprint density at radius 2 is 1.65 bits per heavy atom. The number of rotatable bonds is 7. The first kappa shape index (κ1) is 21.5. The number of benzene rings is 1. The predicted molar refractivity (Wildman–Crippen MR) is 112 cm³/mol. The number of nitrogens with zero attached hydrogens (tertiary/aromatic N) is 3. The van der Waals surface area contributed by atoms with Crippen molar-refractivity contribution in [3.05, 3.63) is 51.8 Å². The molecule has 0 atom stereocenters. The Kier molecular flexibility index (Phi) is 5.40. The number of nitrogens with one attached hydrogen (secondary N) is 3. The van der Waals surface area contributed by atoms with Crippen LogP contribution in [0, 0.1) is 0 Å². The Morgan fingerprint density at radius 1 is 1.00 bits per heavy atom. The van der Waals surface area contributed by atoms with Gasteiger partial charge < -0.3 is 10.6 Å². The molecule has 3 aromatic rings. The maximum Gasteiger partial charge on any atom is 0.270 e. The third-order valence-corrected chi connectivity index (χ3v) is 5.37. The van der Waals surface area contributed by atoms with E-state index in [0.29, 0.717) is 35.9 Å². The van der Waals surface area contributed by atoms with Crippen LogP contribution in [-0.2, 0) is 11.8 Å². The van der Waals surface area contributed by atoms with Gasteiger partial charge in [-0.1, -0.05) is 0 Å². The molecule has 0 radical (unpaired) electrons. The normalized spacial score (nSPS) is 14.5. The highest BCUT2D eigenvalue weighted by Crippen LogP contribution is 2.40. The number of hydrogen-bond donors (Lipinski definition) is 3. The molecule has 31 heavy (non-hydrogen) atoms. The summed E-state index contributed by atoms with van der Waals surface area (Å²) in [5.41, 5.74) is -0.0677. The number of aromatic nitrogens is 4. The Balaban J connectivity index is 1.61. The fraction of sp³-hybridized carbons (Fsp3) is 0.350. The van der Waals surface area contributed by atoms with Gasteiger partial charge in [0.15, 0.2) is 5.82 Å². The molecule has 1 aliphatic rings. The summed E-state index contributed by atoms with van der Waals surface area (Å²) in [6.07, 6.45) is 3.69. The Hall–Kier alpha value is -2.69. The monoisotopic (exact) mass is 498 g/mol. The molecule has 0 spiro atoms. The molecule has 0 aliphatic heterocycles. The highest BCUT2D eigenvalue weighted by molar-refractivity contribution is 9.10. The minimum absolute atomic E-state index is 0.0291. The molecule has 0 amide bonds. The zero-order valence-electron chi connectivity index (χ0n) is 16.6. The van der Waals surface area contributed by atoms with Crippen LogP contribution in [0.25, 0.3) is 0 Å². The third-order valence-electron chi connectivity index (χ3n) is 4.79. The van der Waals surface area contributed by atoms with Gasteiger partial charge in [0, 0.05) is 48.8 Å². The minimum Gasteiger partial charge on any atom is -0.324 e. The molecule has 6 nitrogen and oxygen atoms in total. The molecule has 1 aromatic carbocycles. The minimum atomic E-state index is -3.29. The lowest BCUT2D eigenvalue weighted by Gasteiger charge is -2.18. The molecule has 2 heterocycles. The zero-order valence-corrected chi connectivity index (χ0v) is 18.2. The van der Waals surface area contributed by atoms with Crippen LogP contribution in [0.1, 0.15) is 49.4 Å². The number of aromatic amines is 1. The number of alkyl halides is 4. The molecule has 0 unspecified atom stereocenters. The SMILES string of the molecule is CC(F)(F)c1cc(Nc2ncc(Br)c(Nc3cc(C4CC4)n[nH]3)n2)cc(C(C)(F)F)c1. The molecule has 1 fully saturated rings. The second kappa shape index (κ2) is 7.77. The lowest BCUT2D eigenvalue weighted by molar-refractivity contribution is 0.0107. The molecule has 11 heteroatoms. The van der Waals surface area contributed by atoms with Crippen LogP contribution >= 0.6 is 15.9 Å². The molecule has 164 valence electrons. The first-order chi connectivity index (χ1) is 14.5. The number of H-pyrrole nitrogens is 1. The molecule has 4 rings (SSSR count). The number of anilines is 4. The van der Waals surface area contributed by atoms with E-state index in [2.05, 4.69) is 46.7 Å². The molecule has 2 aromatic heterocycles. The molecule has 3 N–H and O–H groups in total. The van der Waals surface area contributed by atoms with Gasteiger partial charge in [0.05, 0.1) is 10.2 Å². The summed E-state index contributed by atoms with van der Waals surface area (Å²) < 4.78 is 55.9. The topological polar surface area (TPSA) is 78.5 Å². The molecule has 1 aliphatic carbocycles. The van der Waals surface area contributed by atoms with Crippen LogP contribution in [0.15, 0.2) is 34.9 Å². The van der Waals surface area contributed by atoms with Gasteiger partial charge in [-0.3, -0.25) is 5.10 Å². The van der Waals surface area contributed by atoms with E-state index in [0.717, 1.165) is 36.7 Å². The summed E-state index contributed by atoms with van der Waals surface area (Å²) in [5.74, 6) is -5.02. The van der Waals surface area contributed by atoms with Crippen LogP contribution in [0.5, 0.6) is 0 Å². The fourth-order valence-electron chi connectivity index (χ4n) is 2.97. The maximum atomic E-state index is 13.8. The van der Waals surface area contributed by atoms with Crippen LogP contribution < -0.4 is 10.6 Å². The third kappa shape index (κ3) is 5.15. The fourth-order valence-corrected chi connectivity index (χ4v) is 3.26. The molecular weight excluding hydrogens is 480 g/mol. The largest absolute Gasteiger partial charge is 0.324 e. The van der Waals surface area contributed by atoms with E-state index in [1.54, 1.807) is 0 Å². The van der Waals surface area contributed by atoms with Gasteiger partial charge in [-0.15, -0.1) is 0 Å². The molecule has 1 saturated carbocycles. The first-order valence-corrected chi connectivity index (χ1v) is 10.3. The maximum absolute atomic E-state index is 13.8. The highest BCUT2D eigenvalue weighted by atomic mass is 79.9. The average Bonchev–Trinajstić information content (AvgIpc) is 3.42. The standard InChI is InChI=1S/C20H19BrF4N6/c1-19(22,23)11-5-12(20(2,24)25)7-13(6-11)27-18-26-9-14(21)17(29-18)28-16-8-15(30-31-16)10-3-4-10/h5-10H,3-4H2,1-2H3,(H3,26,27,28,29,30,31). The van der Waals surface area contributed by atoms with E-state index in [1.807, 2.05) is 6.07 Å². The second-order valence-corrected chi connectivity index (χ2v) is 8.55. The lowest BCUT2D eigenvalue weighted by Crippen LogP contribution is -2.13. The molecule has 0 saturated heterocycles. The predicted octanol–water partition coefficient (Wildman–Crippen LogP) is 6.55. The van der Waals surface area contributed by atoms with E-state index >= 15 is 0 Å². The lowest BCUT2D eigenvalue weighted by atomic mass is 10.0. The van der Waals surface area contributed by atoms with Crippen LogP contribution in [-0.4, -0.2) is 20.2 Å².